The maximum absolute atomic E-state index is 13.4. The molecule has 14 nitrogen and oxygen atoms in total. The Hall–Kier alpha value is -4.05. The molecular weight excluding hydrogens is 622 g/mol. The van der Waals surface area contributed by atoms with E-state index in [1.165, 1.54) is 18.0 Å². The molecule has 1 fully saturated rings. The van der Waals surface area contributed by atoms with Gasteiger partial charge >= 0.3 is 0 Å². The Bertz CT molecular complexity index is 1550. The summed E-state index contributed by atoms with van der Waals surface area (Å²) in [6.45, 7) is 3.17. The summed E-state index contributed by atoms with van der Waals surface area (Å²) in [5.74, 6) is 0.420. The fourth-order valence-corrected chi connectivity index (χ4v) is 4.75. The Morgan fingerprint density at radius 3 is 2.80 bits per heavy atom. The Labute approximate surface area is 247 Å². The van der Waals surface area contributed by atoms with Gasteiger partial charge in [0.1, 0.15) is 23.8 Å². The van der Waals surface area contributed by atoms with E-state index in [1.54, 1.807) is 18.2 Å². The molecule has 214 valence electrons. The van der Waals surface area contributed by atoms with Gasteiger partial charge in [-0.25, -0.2) is 10.1 Å². The van der Waals surface area contributed by atoms with Crippen LogP contribution in [0.1, 0.15) is 27.3 Å². The van der Waals surface area contributed by atoms with Crippen molar-refractivity contribution in [2.24, 2.45) is 5.10 Å². The van der Waals surface area contributed by atoms with Crippen LogP contribution in [0.3, 0.4) is 0 Å². The molecule has 0 bridgehead atoms. The molecule has 0 aliphatic carbocycles. The number of methoxy groups -OCH3 is 1. The number of rotatable bonds is 10. The molecule has 0 radical (unpaired) electrons. The summed E-state index contributed by atoms with van der Waals surface area (Å²) in [4.78, 5) is 15.5. The van der Waals surface area contributed by atoms with Gasteiger partial charge in [0.2, 0.25) is 11.6 Å². The number of carbonyl (C=O) groups is 1. The summed E-state index contributed by atoms with van der Waals surface area (Å²) < 4.78 is 23.4. The molecule has 1 amide bonds. The average molecular weight is 647 g/mol. The number of nitrogens with two attached hydrogens (primary N) is 1. The highest BCUT2D eigenvalue weighted by atomic mass is 79.9. The SMILES string of the molecule is COc1cc(OCc2ccccc2Cl)cc(Br)c1/C=N/NC(=O)c1c(CN2CCOCC2)nnn1-c1nonc1N. The average Bonchev–Trinajstić information content (AvgIpc) is 3.59. The van der Waals surface area contributed by atoms with Gasteiger partial charge in [0.05, 0.1) is 32.1 Å². The molecule has 1 aliphatic heterocycles. The normalized spacial score (nSPS) is 13.9. The zero-order valence-corrected chi connectivity index (χ0v) is 24.1. The van der Waals surface area contributed by atoms with Gasteiger partial charge in [0.15, 0.2) is 5.69 Å². The van der Waals surface area contributed by atoms with Gasteiger partial charge in [-0.3, -0.25) is 9.69 Å². The minimum absolute atomic E-state index is 0.0386. The van der Waals surface area contributed by atoms with E-state index in [9.17, 15) is 4.79 Å². The minimum atomic E-state index is -0.591. The third-order valence-corrected chi connectivity index (χ3v) is 7.15. The fourth-order valence-electron chi connectivity index (χ4n) is 4.04. The highest BCUT2D eigenvalue weighted by Gasteiger charge is 2.26. The van der Waals surface area contributed by atoms with E-state index in [-0.39, 0.29) is 23.9 Å². The van der Waals surface area contributed by atoms with Crippen LogP contribution in [0.4, 0.5) is 5.82 Å². The van der Waals surface area contributed by atoms with E-state index >= 15 is 0 Å². The zero-order valence-electron chi connectivity index (χ0n) is 21.8. The van der Waals surface area contributed by atoms with Crippen molar-refractivity contribution in [3.8, 4) is 17.3 Å². The summed E-state index contributed by atoms with van der Waals surface area (Å²) in [5, 5.41) is 20.4. The Morgan fingerprint density at radius 1 is 1.27 bits per heavy atom. The van der Waals surface area contributed by atoms with E-state index in [4.69, 9.17) is 36.2 Å². The molecule has 3 N–H and O–H groups in total. The molecule has 1 saturated heterocycles. The van der Waals surface area contributed by atoms with Crippen molar-refractivity contribution in [1.82, 2.24) is 35.6 Å². The zero-order chi connectivity index (χ0) is 28.8. The number of benzene rings is 2. The summed E-state index contributed by atoms with van der Waals surface area (Å²) >= 11 is 9.76. The van der Waals surface area contributed by atoms with Crippen LogP contribution >= 0.6 is 27.5 Å². The largest absolute Gasteiger partial charge is 0.496 e. The third kappa shape index (κ3) is 6.65. The quantitative estimate of drug-likeness (QED) is 0.192. The van der Waals surface area contributed by atoms with Crippen molar-refractivity contribution in [2.45, 2.75) is 13.2 Å². The number of nitrogens with zero attached hydrogens (tertiary/aromatic N) is 7. The number of hydrogen-bond donors (Lipinski definition) is 2. The number of aromatic nitrogens is 5. The summed E-state index contributed by atoms with van der Waals surface area (Å²) in [5.41, 5.74) is 10.3. The first-order valence-electron chi connectivity index (χ1n) is 12.3. The van der Waals surface area contributed by atoms with E-state index in [2.05, 4.69) is 52.0 Å². The van der Waals surface area contributed by atoms with Crippen LogP contribution in [-0.4, -0.2) is 75.7 Å². The molecule has 0 atom stereocenters. The number of amides is 1. The second kappa shape index (κ2) is 13.1. The van der Waals surface area contributed by atoms with Crippen LogP contribution in [0, 0.1) is 0 Å². The maximum Gasteiger partial charge on any atom is 0.292 e. The predicted molar refractivity (Wildman–Crippen MR) is 151 cm³/mol. The number of anilines is 1. The van der Waals surface area contributed by atoms with Gasteiger partial charge < -0.3 is 19.9 Å². The highest BCUT2D eigenvalue weighted by molar-refractivity contribution is 9.10. The number of morpholine rings is 1. The van der Waals surface area contributed by atoms with Gasteiger partial charge in [0.25, 0.3) is 5.91 Å². The van der Waals surface area contributed by atoms with Gasteiger partial charge in [-0.1, -0.05) is 35.0 Å². The van der Waals surface area contributed by atoms with Crippen LogP contribution in [0.25, 0.3) is 5.82 Å². The van der Waals surface area contributed by atoms with E-state index in [1.807, 2.05) is 18.2 Å². The topological polar surface area (TPSA) is 168 Å². The molecular formula is C25H25BrClN9O5. The number of halogens is 2. The lowest BCUT2D eigenvalue weighted by molar-refractivity contribution is 0.0335. The number of nitrogens with one attached hydrogen (secondary N) is 1. The van der Waals surface area contributed by atoms with Gasteiger partial charge in [-0.2, -0.15) is 9.78 Å². The smallest absolute Gasteiger partial charge is 0.292 e. The van der Waals surface area contributed by atoms with E-state index < -0.39 is 5.91 Å². The number of hydrazone groups is 1. The van der Waals surface area contributed by atoms with Crippen LogP contribution < -0.4 is 20.6 Å². The summed E-state index contributed by atoms with van der Waals surface area (Å²) in [6.07, 6.45) is 1.44. The molecule has 5 rings (SSSR count). The first kappa shape index (κ1) is 28.5. The number of carbonyl (C=O) groups excluding carboxylic acids is 1. The molecule has 3 heterocycles. The molecule has 4 aromatic rings. The van der Waals surface area contributed by atoms with Crippen molar-refractivity contribution in [2.75, 3.05) is 39.1 Å². The van der Waals surface area contributed by atoms with Crippen LogP contribution in [0.15, 0.2) is 50.6 Å². The monoisotopic (exact) mass is 645 g/mol. The molecule has 0 saturated carbocycles. The summed E-state index contributed by atoms with van der Waals surface area (Å²) in [7, 11) is 1.52. The minimum Gasteiger partial charge on any atom is -0.496 e. The maximum atomic E-state index is 13.4. The molecule has 0 spiro atoms. The third-order valence-electron chi connectivity index (χ3n) is 6.13. The Balaban J connectivity index is 1.34. The standard InChI is InChI=1S/C25H25BrClN9O5/c1-38-21-11-16(40-14-15-4-2-3-5-19(15)27)10-18(26)17(21)12-29-31-25(37)22-20(13-35-6-8-39-9-7-35)30-34-36(22)24-23(28)32-41-33-24/h2-5,10-12H,6-9,13-14H2,1H3,(H2,28,32)(H,31,37)/b29-12+. The van der Waals surface area contributed by atoms with Crippen LogP contribution in [-0.2, 0) is 17.9 Å². The first-order valence-corrected chi connectivity index (χ1v) is 13.5. The number of hydrogen-bond acceptors (Lipinski definition) is 12. The van der Waals surface area contributed by atoms with Crippen molar-refractivity contribution in [3.05, 3.63) is 68.4 Å². The second-order valence-corrected chi connectivity index (χ2v) is 10.0. The Kier molecular flexibility index (Phi) is 9.08. The lowest BCUT2D eigenvalue weighted by Crippen LogP contribution is -2.36. The lowest BCUT2D eigenvalue weighted by Gasteiger charge is -2.25. The molecule has 2 aromatic carbocycles. The van der Waals surface area contributed by atoms with Crippen molar-refractivity contribution >= 4 is 45.5 Å². The van der Waals surface area contributed by atoms with Crippen LogP contribution in [0.2, 0.25) is 5.02 Å². The van der Waals surface area contributed by atoms with Crippen LogP contribution in [0.5, 0.6) is 11.5 Å². The van der Waals surface area contributed by atoms with Gasteiger partial charge in [-0.05, 0) is 38.4 Å². The number of ether oxygens (including phenoxy) is 3. The molecule has 41 heavy (non-hydrogen) atoms. The fraction of sp³-hybridized carbons (Fsp3) is 0.280. The summed E-state index contributed by atoms with van der Waals surface area (Å²) in [6, 6.07) is 10.9. The van der Waals surface area contributed by atoms with Gasteiger partial charge in [-0.15, -0.1) is 5.10 Å². The highest BCUT2D eigenvalue weighted by Crippen LogP contribution is 2.32. The second-order valence-electron chi connectivity index (χ2n) is 8.76. The molecule has 2 aromatic heterocycles. The van der Waals surface area contributed by atoms with Crippen molar-refractivity contribution in [1.29, 1.82) is 0 Å². The van der Waals surface area contributed by atoms with E-state index in [0.717, 1.165) is 5.56 Å². The predicted octanol–water partition coefficient (Wildman–Crippen LogP) is 2.83. The van der Waals surface area contributed by atoms with Crippen molar-refractivity contribution in [3.63, 3.8) is 0 Å². The molecule has 16 heteroatoms. The molecule has 0 unspecified atom stereocenters. The lowest BCUT2D eigenvalue weighted by atomic mass is 10.2. The van der Waals surface area contributed by atoms with Gasteiger partial charge in [0, 0.05) is 40.8 Å². The van der Waals surface area contributed by atoms with Crippen molar-refractivity contribution < 1.29 is 23.6 Å². The Morgan fingerprint density at radius 2 is 2.07 bits per heavy atom. The molecule has 1 aliphatic rings. The first-order chi connectivity index (χ1) is 19.9. The number of nitrogen functional groups attached to an aromatic ring is 1. The van der Waals surface area contributed by atoms with E-state index in [0.29, 0.717) is 65.1 Å².